The molecule has 2 aromatic carbocycles. The number of methoxy groups -OCH3 is 1. The van der Waals surface area contributed by atoms with Crippen LogP contribution in [-0.4, -0.2) is 21.2 Å². The first-order chi connectivity index (χ1) is 13.8. The average Bonchev–Trinajstić information content (AvgIpc) is 3.40. The van der Waals surface area contributed by atoms with Crippen LogP contribution in [0, 0.1) is 0 Å². The van der Waals surface area contributed by atoms with Gasteiger partial charge in [0.2, 0.25) is 0 Å². The molecule has 142 valence electrons. The molecule has 28 heavy (non-hydrogen) atoms. The number of thiazole rings is 1. The van der Waals surface area contributed by atoms with Crippen molar-refractivity contribution in [2.45, 2.75) is 19.5 Å². The summed E-state index contributed by atoms with van der Waals surface area (Å²) < 4.78 is 9.87. The number of aryl methyl sites for hydroxylation is 1. The topological polar surface area (TPSA) is 44.3 Å². The fourth-order valence-electron chi connectivity index (χ4n) is 3.13. The Labute approximate surface area is 168 Å². The second kappa shape index (κ2) is 8.71. The molecule has 0 saturated carbocycles. The minimum atomic E-state index is 0.780. The van der Waals surface area contributed by atoms with Gasteiger partial charge in [0, 0.05) is 30.9 Å². The van der Waals surface area contributed by atoms with Crippen molar-refractivity contribution in [1.29, 1.82) is 0 Å². The monoisotopic (exact) mass is 390 g/mol. The van der Waals surface area contributed by atoms with E-state index in [1.165, 1.54) is 11.3 Å². The molecule has 0 aliphatic rings. The van der Waals surface area contributed by atoms with Crippen LogP contribution in [0.3, 0.4) is 0 Å². The summed E-state index contributed by atoms with van der Waals surface area (Å²) in [5.74, 6) is 0.780. The molecule has 0 saturated heterocycles. The number of nitrogens with zero attached hydrogens (tertiary/aromatic N) is 4. The molecular formula is C22H22N4OS. The maximum atomic E-state index is 5.47. The molecule has 0 atom stereocenters. The normalized spacial score (nSPS) is 11.7. The van der Waals surface area contributed by atoms with Crippen molar-refractivity contribution < 1.29 is 4.74 Å². The number of hydrogen-bond donors (Lipinski definition) is 0. The Morgan fingerprint density at radius 1 is 1.04 bits per heavy atom. The van der Waals surface area contributed by atoms with Gasteiger partial charge in [-0.3, -0.25) is 0 Å². The van der Waals surface area contributed by atoms with Crippen LogP contribution in [0.5, 0.6) is 5.75 Å². The summed E-state index contributed by atoms with van der Waals surface area (Å²) in [7, 11) is 1.68. The Bertz CT molecular complexity index is 1080. The second-order valence-corrected chi connectivity index (χ2v) is 7.20. The van der Waals surface area contributed by atoms with E-state index in [2.05, 4.69) is 43.8 Å². The van der Waals surface area contributed by atoms with Gasteiger partial charge in [0.15, 0.2) is 4.80 Å². The van der Waals surface area contributed by atoms with Gasteiger partial charge >= 0.3 is 0 Å². The Hall–Kier alpha value is -3.12. The van der Waals surface area contributed by atoms with Crippen LogP contribution in [0.15, 0.2) is 83.7 Å². The third-order valence-electron chi connectivity index (χ3n) is 4.53. The first kappa shape index (κ1) is 18.3. The molecule has 0 bridgehead atoms. The lowest BCUT2D eigenvalue weighted by Crippen LogP contribution is -2.17. The van der Waals surface area contributed by atoms with Crippen molar-refractivity contribution in [3.63, 3.8) is 0 Å². The maximum absolute atomic E-state index is 5.47. The van der Waals surface area contributed by atoms with E-state index in [-0.39, 0.29) is 0 Å². The first-order valence-electron chi connectivity index (χ1n) is 9.22. The Morgan fingerprint density at radius 2 is 1.86 bits per heavy atom. The van der Waals surface area contributed by atoms with Gasteiger partial charge in [-0.05, 0) is 24.1 Å². The van der Waals surface area contributed by atoms with E-state index in [0.717, 1.165) is 35.7 Å². The van der Waals surface area contributed by atoms with E-state index < -0.39 is 0 Å². The number of benzene rings is 2. The van der Waals surface area contributed by atoms with E-state index in [9.17, 15) is 0 Å². The van der Waals surface area contributed by atoms with Gasteiger partial charge in [-0.2, -0.15) is 0 Å². The average molecular weight is 391 g/mol. The van der Waals surface area contributed by atoms with Crippen LogP contribution in [0.4, 0.5) is 5.69 Å². The van der Waals surface area contributed by atoms with E-state index >= 15 is 0 Å². The van der Waals surface area contributed by atoms with Gasteiger partial charge in [0.1, 0.15) is 11.4 Å². The standard InChI is InChI=1S/C22H22N4OS/c1-27-21-11-6-5-10-19(21)24-22-26(14-7-13-25-15-12-23-17-25)20(16-28-22)18-8-3-2-4-9-18/h2-6,8-12,15-17H,7,13-14H2,1H3. The number of imidazole rings is 1. The third kappa shape index (κ3) is 4.07. The van der Waals surface area contributed by atoms with Crippen LogP contribution in [0.25, 0.3) is 11.3 Å². The van der Waals surface area contributed by atoms with E-state index in [1.54, 1.807) is 18.4 Å². The molecule has 0 aliphatic heterocycles. The molecule has 0 radical (unpaired) electrons. The first-order valence-corrected chi connectivity index (χ1v) is 10.1. The van der Waals surface area contributed by atoms with Crippen molar-refractivity contribution in [3.8, 4) is 17.0 Å². The molecule has 4 aromatic rings. The lowest BCUT2D eigenvalue weighted by Gasteiger charge is -2.10. The summed E-state index contributed by atoms with van der Waals surface area (Å²) in [6.45, 7) is 1.80. The molecule has 0 spiro atoms. The van der Waals surface area contributed by atoms with Crippen molar-refractivity contribution in [3.05, 3.63) is 83.5 Å². The van der Waals surface area contributed by atoms with Crippen LogP contribution in [0.2, 0.25) is 0 Å². The SMILES string of the molecule is COc1ccccc1N=c1scc(-c2ccccc2)n1CCCn1ccnc1. The molecule has 0 unspecified atom stereocenters. The van der Waals surface area contributed by atoms with E-state index in [1.807, 2.05) is 49.1 Å². The third-order valence-corrected chi connectivity index (χ3v) is 5.39. The predicted molar refractivity (Wildman–Crippen MR) is 113 cm³/mol. The Balaban J connectivity index is 1.71. The van der Waals surface area contributed by atoms with Crippen molar-refractivity contribution in [2.75, 3.05) is 7.11 Å². The quantitative estimate of drug-likeness (QED) is 0.457. The predicted octanol–water partition coefficient (Wildman–Crippen LogP) is 4.74. The zero-order valence-corrected chi connectivity index (χ0v) is 16.5. The van der Waals surface area contributed by atoms with Gasteiger partial charge in [-0.1, -0.05) is 42.5 Å². The summed E-state index contributed by atoms with van der Waals surface area (Å²) in [4.78, 5) is 10.00. The Morgan fingerprint density at radius 3 is 2.64 bits per heavy atom. The number of ether oxygens (including phenoxy) is 1. The van der Waals surface area contributed by atoms with Crippen LogP contribution in [0.1, 0.15) is 6.42 Å². The number of hydrogen-bond acceptors (Lipinski definition) is 4. The highest BCUT2D eigenvalue weighted by Gasteiger charge is 2.09. The lowest BCUT2D eigenvalue weighted by molar-refractivity contribution is 0.416. The molecule has 6 heteroatoms. The largest absolute Gasteiger partial charge is 0.494 e. The number of aromatic nitrogens is 3. The molecule has 2 aromatic heterocycles. The number of para-hydroxylation sites is 2. The molecule has 0 aliphatic carbocycles. The van der Waals surface area contributed by atoms with E-state index in [4.69, 9.17) is 9.73 Å². The number of rotatable bonds is 7. The summed E-state index contributed by atoms with van der Waals surface area (Å²) in [5.41, 5.74) is 3.22. The molecular weight excluding hydrogens is 368 g/mol. The second-order valence-electron chi connectivity index (χ2n) is 6.36. The fraction of sp³-hybridized carbons (Fsp3) is 0.182. The summed E-state index contributed by atoms with van der Waals surface area (Å²) in [6, 6.07) is 18.3. The molecule has 0 amide bonds. The van der Waals surface area contributed by atoms with Crippen LogP contribution < -0.4 is 9.54 Å². The summed E-state index contributed by atoms with van der Waals surface area (Å²) in [6.07, 6.45) is 6.66. The van der Waals surface area contributed by atoms with Gasteiger partial charge in [-0.15, -0.1) is 11.3 Å². The van der Waals surface area contributed by atoms with Gasteiger partial charge in [-0.25, -0.2) is 9.98 Å². The summed E-state index contributed by atoms with van der Waals surface area (Å²) >= 11 is 1.65. The van der Waals surface area contributed by atoms with Gasteiger partial charge in [0.25, 0.3) is 0 Å². The molecule has 0 fully saturated rings. The van der Waals surface area contributed by atoms with Crippen molar-refractivity contribution >= 4 is 17.0 Å². The molecule has 2 heterocycles. The van der Waals surface area contributed by atoms with Gasteiger partial charge in [0.05, 0.1) is 19.1 Å². The fourth-order valence-corrected chi connectivity index (χ4v) is 4.08. The molecule has 4 rings (SSSR count). The van der Waals surface area contributed by atoms with Crippen molar-refractivity contribution in [2.24, 2.45) is 4.99 Å². The highest BCUT2D eigenvalue weighted by Crippen LogP contribution is 2.27. The minimum Gasteiger partial charge on any atom is -0.494 e. The minimum absolute atomic E-state index is 0.780. The highest BCUT2D eigenvalue weighted by molar-refractivity contribution is 7.07. The zero-order valence-electron chi connectivity index (χ0n) is 15.7. The van der Waals surface area contributed by atoms with Gasteiger partial charge < -0.3 is 13.9 Å². The van der Waals surface area contributed by atoms with Crippen LogP contribution >= 0.6 is 11.3 Å². The van der Waals surface area contributed by atoms with E-state index in [0.29, 0.717) is 0 Å². The Kier molecular flexibility index (Phi) is 5.68. The highest BCUT2D eigenvalue weighted by atomic mass is 32.1. The van der Waals surface area contributed by atoms with Crippen molar-refractivity contribution in [1.82, 2.24) is 14.1 Å². The molecule has 5 nitrogen and oxygen atoms in total. The molecule has 0 N–H and O–H groups in total. The van der Waals surface area contributed by atoms with Crippen LogP contribution in [-0.2, 0) is 13.1 Å². The maximum Gasteiger partial charge on any atom is 0.190 e. The smallest absolute Gasteiger partial charge is 0.190 e. The summed E-state index contributed by atoms with van der Waals surface area (Å²) in [5, 5.41) is 2.18. The lowest BCUT2D eigenvalue weighted by atomic mass is 10.2. The zero-order chi connectivity index (χ0) is 19.2.